The number of anilines is 2. The Labute approximate surface area is 205 Å². The van der Waals surface area contributed by atoms with E-state index in [4.69, 9.17) is 14.7 Å². The first-order valence-electron chi connectivity index (χ1n) is 12.0. The van der Waals surface area contributed by atoms with Gasteiger partial charge in [-0.25, -0.2) is 19.7 Å². The lowest BCUT2D eigenvalue weighted by atomic mass is 10.1. The smallest absolute Gasteiger partial charge is 0.343 e. The van der Waals surface area contributed by atoms with Crippen LogP contribution >= 0.6 is 0 Å². The average Bonchev–Trinajstić information content (AvgIpc) is 2.88. The van der Waals surface area contributed by atoms with Crippen molar-refractivity contribution in [2.45, 2.75) is 20.8 Å². The van der Waals surface area contributed by atoms with Crippen LogP contribution in [0.2, 0.25) is 0 Å². The number of benzene rings is 2. The Morgan fingerprint density at radius 2 is 1.71 bits per heavy atom. The Hall–Kier alpha value is -4.00. The normalized spacial score (nSPS) is 13.8. The summed E-state index contributed by atoms with van der Waals surface area (Å²) < 4.78 is 5.30. The number of aryl methyl sites for hydroxylation is 2. The summed E-state index contributed by atoms with van der Waals surface area (Å²) in [6.07, 6.45) is 1.60. The molecule has 7 nitrogen and oxygen atoms in total. The number of pyridine rings is 1. The lowest BCUT2D eigenvalue weighted by Crippen LogP contribution is -2.47. The summed E-state index contributed by atoms with van der Waals surface area (Å²) in [6.45, 7) is 9.25. The van der Waals surface area contributed by atoms with Crippen molar-refractivity contribution in [1.29, 1.82) is 0 Å². The zero-order valence-corrected chi connectivity index (χ0v) is 20.4. The van der Waals surface area contributed by atoms with E-state index in [1.807, 2.05) is 37.3 Å². The minimum Gasteiger partial charge on any atom is -0.462 e. The Bertz CT molecular complexity index is 1380. The molecule has 0 spiro atoms. The summed E-state index contributed by atoms with van der Waals surface area (Å²) in [5.74, 6) is 1.81. The van der Waals surface area contributed by atoms with E-state index in [9.17, 15) is 4.79 Å². The lowest BCUT2D eigenvalue weighted by molar-refractivity contribution is 0.0526. The van der Waals surface area contributed by atoms with Crippen LogP contribution in [0.1, 0.15) is 28.4 Å². The number of aromatic nitrogens is 3. The van der Waals surface area contributed by atoms with E-state index in [1.54, 1.807) is 13.1 Å². The third-order valence-corrected chi connectivity index (χ3v) is 6.35. The van der Waals surface area contributed by atoms with Gasteiger partial charge in [0.05, 0.1) is 12.1 Å². The second kappa shape index (κ2) is 9.70. The molecule has 0 amide bonds. The van der Waals surface area contributed by atoms with Crippen molar-refractivity contribution in [3.8, 4) is 11.4 Å². The van der Waals surface area contributed by atoms with Gasteiger partial charge >= 0.3 is 5.97 Å². The fraction of sp³-hybridized carbons (Fsp3) is 0.286. The van der Waals surface area contributed by atoms with Crippen molar-refractivity contribution in [3.63, 3.8) is 0 Å². The molecule has 3 heterocycles. The van der Waals surface area contributed by atoms with E-state index in [1.165, 1.54) is 10.9 Å². The number of carbonyl (C=O) groups excluding carboxylic acids is 1. The van der Waals surface area contributed by atoms with Crippen LogP contribution in [0.15, 0.2) is 60.8 Å². The number of nitrogens with zero attached hydrogens (tertiary/aromatic N) is 5. The molecule has 35 heavy (non-hydrogen) atoms. The SMILES string of the molecule is CCOC(=O)c1cnc(-c2cccc(C)c2)nc1N1CCN(c2cc(C)c3ccccc3n2)CC1. The summed E-state index contributed by atoms with van der Waals surface area (Å²) in [4.78, 5) is 31.4. The highest BCUT2D eigenvalue weighted by atomic mass is 16.5. The fourth-order valence-corrected chi connectivity index (χ4v) is 4.53. The third-order valence-electron chi connectivity index (χ3n) is 6.35. The van der Waals surface area contributed by atoms with Crippen molar-refractivity contribution in [2.75, 3.05) is 42.6 Å². The second-order valence-electron chi connectivity index (χ2n) is 8.81. The van der Waals surface area contributed by atoms with Gasteiger partial charge in [0.2, 0.25) is 0 Å². The number of hydrogen-bond acceptors (Lipinski definition) is 7. The zero-order chi connectivity index (χ0) is 24.4. The lowest BCUT2D eigenvalue weighted by Gasteiger charge is -2.36. The molecule has 1 aliphatic heterocycles. The minimum absolute atomic E-state index is 0.304. The maximum Gasteiger partial charge on any atom is 0.343 e. The van der Waals surface area contributed by atoms with Crippen LogP contribution in [-0.2, 0) is 4.74 Å². The number of hydrogen-bond donors (Lipinski definition) is 0. The quantitative estimate of drug-likeness (QED) is 0.390. The number of ether oxygens (including phenoxy) is 1. The van der Waals surface area contributed by atoms with Gasteiger partial charge in [-0.2, -0.15) is 0 Å². The highest BCUT2D eigenvalue weighted by Crippen LogP contribution is 2.27. The number of esters is 1. The largest absolute Gasteiger partial charge is 0.462 e. The molecular formula is C28H29N5O2. The molecule has 0 aliphatic carbocycles. The fourth-order valence-electron chi connectivity index (χ4n) is 4.53. The average molecular weight is 468 g/mol. The predicted molar refractivity (Wildman–Crippen MR) is 139 cm³/mol. The van der Waals surface area contributed by atoms with E-state index in [-0.39, 0.29) is 0 Å². The highest BCUT2D eigenvalue weighted by molar-refractivity contribution is 5.95. The summed E-state index contributed by atoms with van der Waals surface area (Å²) in [6, 6.07) is 18.5. The van der Waals surface area contributed by atoms with Crippen LogP contribution in [0.3, 0.4) is 0 Å². The van der Waals surface area contributed by atoms with E-state index < -0.39 is 5.97 Å². The monoisotopic (exact) mass is 467 g/mol. The maximum atomic E-state index is 12.7. The van der Waals surface area contributed by atoms with Gasteiger partial charge in [-0.1, -0.05) is 42.0 Å². The van der Waals surface area contributed by atoms with E-state index in [2.05, 4.69) is 46.0 Å². The molecule has 4 aromatic rings. The Kier molecular flexibility index (Phi) is 6.31. The van der Waals surface area contributed by atoms with Gasteiger partial charge < -0.3 is 14.5 Å². The third kappa shape index (κ3) is 4.67. The Morgan fingerprint density at radius 3 is 2.49 bits per heavy atom. The molecule has 2 aromatic heterocycles. The molecule has 5 rings (SSSR count). The summed E-state index contributed by atoms with van der Waals surface area (Å²) >= 11 is 0. The van der Waals surface area contributed by atoms with Crippen molar-refractivity contribution >= 4 is 28.5 Å². The van der Waals surface area contributed by atoms with Crippen molar-refractivity contribution in [3.05, 3.63) is 77.5 Å². The number of carbonyl (C=O) groups is 1. The van der Waals surface area contributed by atoms with Crippen molar-refractivity contribution in [1.82, 2.24) is 15.0 Å². The van der Waals surface area contributed by atoms with Gasteiger partial charge in [0.25, 0.3) is 0 Å². The first-order chi connectivity index (χ1) is 17.0. The first-order valence-corrected chi connectivity index (χ1v) is 12.0. The number of fused-ring (bicyclic) bond motifs is 1. The first kappa shape index (κ1) is 22.8. The topological polar surface area (TPSA) is 71.5 Å². The molecular weight excluding hydrogens is 438 g/mol. The molecule has 7 heteroatoms. The van der Waals surface area contributed by atoms with E-state index in [0.29, 0.717) is 36.9 Å². The van der Waals surface area contributed by atoms with Crippen LogP contribution in [-0.4, -0.2) is 53.7 Å². The molecule has 0 atom stereocenters. The van der Waals surface area contributed by atoms with E-state index >= 15 is 0 Å². The molecule has 0 saturated carbocycles. The molecule has 0 radical (unpaired) electrons. The zero-order valence-electron chi connectivity index (χ0n) is 20.4. The summed E-state index contributed by atoms with van der Waals surface area (Å²) in [7, 11) is 0. The molecule has 178 valence electrons. The predicted octanol–water partition coefficient (Wildman–Crippen LogP) is 4.81. The Balaban J connectivity index is 1.42. The van der Waals surface area contributed by atoms with Crippen LogP contribution < -0.4 is 9.80 Å². The van der Waals surface area contributed by atoms with Crippen LogP contribution in [0.25, 0.3) is 22.3 Å². The van der Waals surface area contributed by atoms with Gasteiger partial charge in [0, 0.05) is 43.3 Å². The van der Waals surface area contributed by atoms with Crippen molar-refractivity contribution < 1.29 is 9.53 Å². The molecule has 2 aromatic carbocycles. The van der Waals surface area contributed by atoms with Crippen LogP contribution in [0.4, 0.5) is 11.6 Å². The Morgan fingerprint density at radius 1 is 0.943 bits per heavy atom. The summed E-state index contributed by atoms with van der Waals surface area (Å²) in [5.41, 5.74) is 4.69. The standard InChI is InChI=1S/C28H29N5O2/c1-4-35-28(34)23-18-29-26(21-9-7-8-19(2)16-21)31-27(23)33-14-12-32(13-15-33)25-17-20(3)22-10-5-6-11-24(22)30-25/h5-11,16-18H,4,12-15H2,1-3H3. The molecule has 0 bridgehead atoms. The van der Waals surface area contributed by atoms with Crippen LogP contribution in [0.5, 0.6) is 0 Å². The van der Waals surface area contributed by atoms with Gasteiger partial charge in [0.1, 0.15) is 17.2 Å². The molecule has 0 N–H and O–H groups in total. The van der Waals surface area contributed by atoms with Gasteiger partial charge in [0.15, 0.2) is 5.82 Å². The van der Waals surface area contributed by atoms with Gasteiger partial charge in [-0.05, 0) is 44.5 Å². The molecule has 1 saturated heterocycles. The highest BCUT2D eigenvalue weighted by Gasteiger charge is 2.26. The maximum absolute atomic E-state index is 12.7. The minimum atomic E-state index is -0.396. The van der Waals surface area contributed by atoms with Gasteiger partial charge in [-0.15, -0.1) is 0 Å². The summed E-state index contributed by atoms with van der Waals surface area (Å²) in [5, 5.41) is 1.18. The van der Waals surface area contributed by atoms with Crippen LogP contribution in [0, 0.1) is 13.8 Å². The van der Waals surface area contributed by atoms with E-state index in [0.717, 1.165) is 35.6 Å². The van der Waals surface area contributed by atoms with Crippen molar-refractivity contribution in [2.24, 2.45) is 0 Å². The molecule has 1 aliphatic rings. The number of para-hydroxylation sites is 1. The van der Waals surface area contributed by atoms with Gasteiger partial charge in [-0.3, -0.25) is 0 Å². The molecule has 1 fully saturated rings. The molecule has 0 unspecified atom stereocenters. The second-order valence-corrected chi connectivity index (χ2v) is 8.81. The number of rotatable bonds is 5. The number of piperazine rings is 1.